The van der Waals surface area contributed by atoms with Gasteiger partial charge in [-0.25, -0.2) is 4.39 Å². The van der Waals surface area contributed by atoms with Gasteiger partial charge in [-0.15, -0.1) is 0 Å². The summed E-state index contributed by atoms with van der Waals surface area (Å²) in [5, 5.41) is 7.23. The molecule has 0 aliphatic carbocycles. The minimum atomic E-state index is -0.307. The van der Waals surface area contributed by atoms with Gasteiger partial charge in [0, 0.05) is 31.1 Å². The molecule has 2 atom stereocenters. The molecule has 6 heteroatoms. The highest BCUT2D eigenvalue weighted by atomic mass is 19.1. The molecule has 0 saturated carbocycles. The molecule has 3 rings (SSSR count). The zero-order valence-electron chi connectivity index (χ0n) is 14.4. The minimum absolute atomic E-state index is 0.0396. The van der Waals surface area contributed by atoms with Crippen LogP contribution in [0.4, 0.5) is 4.39 Å². The number of benzene rings is 1. The number of hydrogen-bond acceptors (Lipinski definition) is 3. The first-order valence-corrected chi connectivity index (χ1v) is 8.11. The predicted octanol–water partition coefficient (Wildman–Crippen LogP) is 2.82. The van der Waals surface area contributed by atoms with Gasteiger partial charge in [-0.05, 0) is 32.4 Å². The van der Waals surface area contributed by atoms with Gasteiger partial charge in [0.15, 0.2) is 0 Å². The summed E-state index contributed by atoms with van der Waals surface area (Å²) in [6, 6.07) is 4.99. The van der Waals surface area contributed by atoms with E-state index in [4.69, 9.17) is 4.74 Å². The molecule has 0 unspecified atom stereocenters. The van der Waals surface area contributed by atoms with Crippen LogP contribution >= 0.6 is 0 Å². The van der Waals surface area contributed by atoms with Crippen molar-refractivity contribution in [2.24, 2.45) is 7.05 Å². The lowest BCUT2D eigenvalue weighted by atomic mass is 9.99. The number of carbonyl (C=O) groups excluding carboxylic acids is 1. The van der Waals surface area contributed by atoms with Crippen LogP contribution in [0.5, 0.6) is 0 Å². The van der Waals surface area contributed by atoms with Crippen molar-refractivity contribution in [3.05, 3.63) is 52.1 Å². The average Bonchev–Trinajstić information content (AvgIpc) is 2.82. The topological polar surface area (TPSA) is 56.2 Å². The minimum Gasteiger partial charge on any atom is -0.369 e. The fourth-order valence-electron chi connectivity index (χ4n) is 3.20. The first-order valence-electron chi connectivity index (χ1n) is 8.11. The van der Waals surface area contributed by atoms with Crippen molar-refractivity contribution < 1.29 is 13.9 Å². The average molecular weight is 331 g/mol. The smallest absolute Gasteiger partial charge is 0.270 e. The molecule has 2 aromatic rings. The number of halogens is 1. The molecule has 0 spiro atoms. The molecule has 1 aromatic carbocycles. The Bertz CT molecular complexity index is 785. The molecule has 1 aromatic heterocycles. The Balaban J connectivity index is 1.81. The SMILES string of the molecule is Cc1ccc(CNC(=O)c2c3c(nn2C)[C@H](C)O[C@H](C)C3)c(F)c1. The number of amides is 1. The lowest BCUT2D eigenvalue weighted by molar-refractivity contribution is -0.00710. The maximum absolute atomic E-state index is 13.9. The van der Waals surface area contributed by atoms with Crippen LogP contribution in [0.1, 0.15) is 52.8 Å². The third-order valence-electron chi connectivity index (χ3n) is 4.35. The van der Waals surface area contributed by atoms with E-state index in [1.54, 1.807) is 17.8 Å². The number of rotatable bonds is 3. The Kier molecular flexibility index (Phi) is 4.41. The fourth-order valence-corrected chi connectivity index (χ4v) is 3.20. The molecule has 0 radical (unpaired) electrons. The van der Waals surface area contributed by atoms with Crippen molar-refractivity contribution in [1.29, 1.82) is 0 Å². The second-order valence-electron chi connectivity index (χ2n) is 6.41. The second-order valence-corrected chi connectivity index (χ2v) is 6.41. The first kappa shape index (κ1) is 16.6. The Morgan fingerprint density at radius 1 is 1.46 bits per heavy atom. The molecular weight excluding hydrogens is 309 g/mol. The van der Waals surface area contributed by atoms with E-state index >= 15 is 0 Å². The third-order valence-corrected chi connectivity index (χ3v) is 4.35. The van der Waals surface area contributed by atoms with E-state index in [0.29, 0.717) is 17.7 Å². The number of carbonyl (C=O) groups is 1. The Labute approximate surface area is 140 Å². The summed E-state index contributed by atoms with van der Waals surface area (Å²) in [6.45, 7) is 5.89. The summed E-state index contributed by atoms with van der Waals surface area (Å²) in [6.07, 6.45) is 0.554. The van der Waals surface area contributed by atoms with Crippen LogP contribution in [0.2, 0.25) is 0 Å². The Hall–Kier alpha value is -2.21. The third kappa shape index (κ3) is 3.06. The summed E-state index contributed by atoms with van der Waals surface area (Å²) < 4.78 is 21.3. The van der Waals surface area contributed by atoms with Gasteiger partial charge in [-0.2, -0.15) is 5.10 Å². The number of ether oxygens (including phenoxy) is 1. The van der Waals surface area contributed by atoms with Crippen molar-refractivity contribution in [2.75, 3.05) is 0 Å². The van der Waals surface area contributed by atoms with Gasteiger partial charge in [0.25, 0.3) is 5.91 Å². The molecular formula is C18H22FN3O2. The number of aromatic nitrogens is 2. The van der Waals surface area contributed by atoms with Crippen molar-refractivity contribution in [2.45, 2.75) is 45.9 Å². The van der Waals surface area contributed by atoms with Crippen molar-refractivity contribution in [3.8, 4) is 0 Å². The Morgan fingerprint density at radius 3 is 2.92 bits per heavy atom. The molecule has 1 aliphatic rings. The highest BCUT2D eigenvalue weighted by molar-refractivity contribution is 5.94. The van der Waals surface area contributed by atoms with E-state index in [2.05, 4.69) is 10.4 Å². The summed E-state index contributed by atoms with van der Waals surface area (Å²) in [4.78, 5) is 12.6. The fraction of sp³-hybridized carbons (Fsp3) is 0.444. The number of fused-ring (bicyclic) bond motifs is 1. The Morgan fingerprint density at radius 2 is 2.21 bits per heavy atom. The van der Waals surface area contributed by atoms with Gasteiger partial charge in [-0.3, -0.25) is 9.48 Å². The lowest BCUT2D eigenvalue weighted by Gasteiger charge is -2.24. The van der Waals surface area contributed by atoms with Gasteiger partial charge in [0.2, 0.25) is 0 Å². The molecule has 5 nitrogen and oxygen atoms in total. The molecule has 0 fully saturated rings. The molecule has 128 valence electrons. The standard InChI is InChI=1S/C18H22FN3O2/c1-10-5-6-13(15(19)7-10)9-20-18(23)17-14-8-11(2)24-12(3)16(14)21-22(17)4/h5-7,11-12H,8-9H2,1-4H3,(H,20,23)/t11-,12+/m1/s1. The van der Waals surface area contributed by atoms with Crippen molar-refractivity contribution in [3.63, 3.8) is 0 Å². The molecule has 1 aliphatic heterocycles. The van der Waals surface area contributed by atoms with Crippen LogP contribution in [-0.2, 0) is 24.8 Å². The van der Waals surface area contributed by atoms with Crippen LogP contribution in [-0.4, -0.2) is 21.8 Å². The van der Waals surface area contributed by atoms with Crippen molar-refractivity contribution in [1.82, 2.24) is 15.1 Å². The summed E-state index contributed by atoms with van der Waals surface area (Å²) in [5.41, 5.74) is 3.58. The largest absolute Gasteiger partial charge is 0.369 e. The van der Waals surface area contributed by atoms with Crippen LogP contribution in [0, 0.1) is 12.7 Å². The first-order chi connectivity index (χ1) is 11.4. The molecule has 0 bridgehead atoms. The number of nitrogens with zero attached hydrogens (tertiary/aromatic N) is 2. The van der Waals surface area contributed by atoms with E-state index in [0.717, 1.165) is 16.8 Å². The van der Waals surface area contributed by atoms with Gasteiger partial charge in [0.05, 0.1) is 17.9 Å². The van der Waals surface area contributed by atoms with Gasteiger partial charge in [0.1, 0.15) is 11.5 Å². The summed E-state index contributed by atoms with van der Waals surface area (Å²) in [5.74, 6) is -0.550. The predicted molar refractivity (Wildman–Crippen MR) is 88.2 cm³/mol. The van der Waals surface area contributed by atoms with E-state index in [-0.39, 0.29) is 30.5 Å². The van der Waals surface area contributed by atoms with Crippen molar-refractivity contribution >= 4 is 5.91 Å². The van der Waals surface area contributed by atoms with Crippen LogP contribution in [0.3, 0.4) is 0 Å². The zero-order chi connectivity index (χ0) is 17.4. The van der Waals surface area contributed by atoms with E-state index in [1.165, 1.54) is 6.07 Å². The second kappa shape index (κ2) is 6.36. The van der Waals surface area contributed by atoms with Gasteiger partial charge < -0.3 is 10.1 Å². The number of nitrogens with one attached hydrogen (secondary N) is 1. The number of hydrogen-bond donors (Lipinski definition) is 1. The van der Waals surface area contributed by atoms with Crippen LogP contribution < -0.4 is 5.32 Å². The zero-order valence-corrected chi connectivity index (χ0v) is 14.4. The van der Waals surface area contributed by atoms with E-state index in [1.807, 2.05) is 26.8 Å². The molecule has 24 heavy (non-hydrogen) atoms. The van der Waals surface area contributed by atoms with E-state index in [9.17, 15) is 9.18 Å². The van der Waals surface area contributed by atoms with E-state index < -0.39 is 0 Å². The lowest BCUT2D eigenvalue weighted by Crippen LogP contribution is -2.28. The maximum Gasteiger partial charge on any atom is 0.270 e. The van der Waals surface area contributed by atoms with Crippen LogP contribution in [0.25, 0.3) is 0 Å². The highest BCUT2D eigenvalue weighted by Gasteiger charge is 2.31. The normalized spacial score (nSPS) is 19.9. The van der Waals surface area contributed by atoms with Crippen LogP contribution in [0.15, 0.2) is 18.2 Å². The highest BCUT2D eigenvalue weighted by Crippen LogP contribution is 2.31. The van der Waals surface area contributed by atoms with Gasteiger partial charge in [-0.1, -0.05) is 12.1 Å². The van der Waals surface area contributed by atoms with Gasteiger partial charge >= 0.3 is 0 Å². The summed E-state index contributed by atoms with van der Waals surface area (Å²) >= 11 is 0. The molecule has 0 saturated heterocycles. The molecule has 1 N–H and O–H groups in total. The monoisotopic (exact) mass is 331 g/mol. The molecule has 2 heterocycles. The number of aryl methyl sites for hydroxylation is 2. The maximum atomic E-state index is 13.9. The summed E-state index contributed by atoms with van der Waals surface area (Å²) in [7, 11) is 1.75. The molecule has 1 amide bonds. The quantitative estimate of drug-likeness (QED) is 0.941.